The van der Waals surface area contributed by atoms with Gasteiger partial charge in [-0.2, -0.15) is 0 Å². The molecule has 1 aromatic heterocycles. The number of pyridine rings is 1. The average Bonchev–Trinajstić information content (AvgIpc) is 3.09. The quantitative estimate of drug-likeness (QED) is 0.853. The van der Waals surface area contributed by atoms with Crippen molar-refractivity contribution in [2.45, 2.75) is 52.2 Å². The Kier molecular flexibility index (Phi) is 4.58. The van der Waals surface area contributed by atoms with Crippen LogP contribution in [0, 0.1) is 5.92 Å². The molecule has 1 heterocycles. The van der Waals surface area contributed by atoms with Crippen LogP contribution in [0.3, 0.4) is 0 Å². The first-order valence-corrected chi connectivity index (χ1v) is 7.31. The molecule has 1 aromatic rings. The molecule has 0 saturated heterocycles. The van der Waals surface area contributed by atoms with E-state index in [1.165, 1.54) is 25.1 Å². The van der Waals surface area contributed by atoms with E-state index < -0.39 is 0 Å². The Morgan fingerprint density at radius 3 is 2.58 bits per heavy atom. The molecule has 0 radical (unpaired) electrons. The molecule has 1 fully saturated rings. The zero-order valence-electron chi connectivity index (χ0n) is 12.7. The van der Waals surface area contributed by atoms with E-state index >= 15 is 0 Å². The second-order valence-electron chi connectivity index (χ2n) is 6.86. The molecule has 0 aromatic carbocycles. The molecule has 1 N–H and O–H groups in total. The first-order chi connectivity index (χ1) is 8.92. The van der Waals surface area contributed by atoms with Crippen LogP contribution in [-0.2, 0) is 13.1 Å². The number of hydrogen-bond donors (Lipinski definition) is 1. The van der Waals surface area contributed by atoms with Gasteiger partial charge < -0.3 is 10.2 Å². The maximum absolute atomic E-state index is 4.74. The van der Waals surface area contributed by atoms with Crippen LogP contribution in [0.2, 0.25) is 0 Å². The highest BCUT2D eigenvalue weighted by Crippen LogP contribution is 2.29. The van der Waals surface area contributed by atoms with E-state index in [2.05, 4.69) is 56.2 Å². The van der Waals surface area contributed by atoms with Gasteiger partial charge in [-0.1, -0.05) is 6.07 Å². The molecule has 19 heavy (non-hydrogen) atoms. The standard InChI is InChI=1S/C16H27N3/c1-16(2,3)17-10-14-6-5-7-15(18-14)12-19(4)11-13-8-9-13/h5-7,13,17H,8-12H2,1-4H3. The minimum atomic E-state index is 0.139. The lowest BCUT2D eigenvalue weighted by Crippen LogP contribution is -2.35. The topological polar surface area (TPSA) is 28.2 Å². The van der Waals surface area contributed by atoms with Gasteiger partial charge in [-0.3, -0.25) is 4.98 Å². The van der Waals surface area contributed by atoms with Gasteiger partial charge >= 0.3 is 0 Å². The first kappa shape index (κ1) is 14.5. The summed E-state index contributed by atoms with van der Waals surface area (Å²) in [6, 6.07) is 6.35. The first-order valence-electron chi connectivity index (χ1n) is 7.31. The molecule has 1 aliphatic carbocycles. The highest BCUT2D eigenvalue weighted by Gasteiger charge is 2.22. The summed E-state index contributed by atoms with van der Waals surface area (Å²) in [4.78, 5) is 7.13. The maximum atomic E-state index is 4.74. The van der Waals surface area contributed by atoms with Crippen molar-refractivity contribution in [1.82, 2.24) is 15.2 Å². The fraction of sp³-hybridized carbons (Fsp3) is 0.688. The highest BCUT2D eigenvalue weighted by molar-refractivity contribution is 5.11. The maximum Gasteiger partial charge on any atom is 0.0547 e. The Morgan fingerprint density at radius 1 is 1.26 bits per heavy atom. The highest BCUT2D eigenvalue weighted by atomic mass is 15.1. The average molecular weight is 261 g/mol. The smallest absolute Gasteiger partial charge is 0.0547 e. The zero-order chi connectivity index (χ0) is 13.9. The largest absolute Gasteiger partial charge is 0.306 e. The van der Waals surface area contributed by atoms with Crippen molar-refractivity contribution in [3.8, 4) is 0 Å². The number of hydrogen-bond acceptors (Lipinski definition) is 3. The third-order valence-corrected chi connectivity index (χ3v) is 3.36. The van der Waals surface area contributed by atoms with Gasteiger partial charge in [-0.25, -0.2) is 0 Å². The van der Waals surface area contributed by atoms with Gasteiger partial charge in [0.2, 0.25) is 0 Å². The molecule has 3 nitrogen and oxygen atoms in total. The molecule has 1 saturated carbocycles. The minimum absolute atomic E-state index is 0.139. The summed E-state index contributed by atoms with van der Waals surface area (Å²) in [6.45, 7) is 9.55. The van der Waals surface area contributed by atoms with Gasteiger partial charge in [0.1, 0.15) is 0 Å². The van der Waals surface area contributed by atoms with Crippen LogP contribution >= 0.6 is 0 Å². The van der Waals surface area contributed by atoms with E-state index in [0.717, 1.165) is 24.7 Å². The summed E-state index contributed by atoms with van der Waals surface area (Å²) in [5, 5.41) is 3.48. The predicted octanol–water partition coefficient (Wildman–Crippen LogP) is 2.81. The summed E-state index contributed by atoms with van der Waals surface area (Å²) in [7, 11) is 2.19. The number of aromatic nitrogens is 1. The van der Waals surface area contributed by atoms with Crippen molar-refractivity contribution in [2.24, 2.45) is 5.92 Å². The van der Waals surface area contributed by atoms with E-state index in [-0.39, 0.29) is 5.54 Å². The van der Waals surface area contributed by atoms with E-state index in [9.17, 15) is 0 Å². The van der Waals surface area contributed by atoms with Crippen molar-refractivity contribution >= 4 is 0 Å². The third-order valence-electron chi connectivity index (χ3n) is 3.36. The van der Waals surface area contributed by atoms with Gasteiger partial charge in [0.25, 0.3) is 0 Å². The van der Waals surface area contributed by atoms with Crippen molar-refractivity contribution in [3.05, 3.63) is 29.6 Å². The van der Waals surface area contributed by atoms with Gasteiger partial charge in [0.05, 0.1) is 11.4 Å². The molecule has 1 aliphatic rings. The molecule has 0 amide bonds. The molecule has 0 bridgehead atoms. The lowest BCUT2D eigenvalue weighted by Gasteiger charge is -2.20. The van der Waals surface area contributed by atoms with Crippen LogP contribution in [0.4, 0.5) is 0 Å². The van der Waals surface area contributed by atoms with Crippen LogP contribution in [-0.4, -0.2) is 29.0 Å². The Labute approximate surface area is 117 Å². The molecule has 0 spiro atoms. The van der Waals surface area contributed by atoms with Crippen molar-refractivity contribution in [3.63, 3.8) is 0 Å². The molecule has 106 valence electrons. The monoisotopic (exact) mass is 261 g/mol. The molecular formula is C16H27N3. The van der Waals surface area contributed by atoms with E-state index in [1.54, 1.807) is 0 Å². The van der Waals surface area contributed by atoms with Crippen LogP contribution in [0.15, 0.2) is 18.2 Å². The fourth-order valence-corrected chi connectivity index (χ4v) is 2.15. The lowest BCUT2D eigenvalue weighted by molar-refractivity contribution is 0.309. The van der Waals surface area contributed by atoms with E-state index in [4.69, 9.17) is 4.98 Å². The van der Waals surface area contributed by atoms with Crippen LogP contribution in [0.5, 0.6) is 0 Å². The van der Waals surface area contributed by atoms with Crippen molar-refractivity contribution < 1.29 is 0 Å². The number of nitrogens with one attached hydrogen (secondary N) is 1. The third kappa shape index (κ3) is 5.70. The molecule has 0 aliphatic heterocycles. The second-order valence-corrected chi connectivity index (χ2v) is 6.86. The number of rotatable bonds is 6. The normalized spacial score (nSPS) is 16.1. The molecule has 2 rings (SSSR count). The van der Waals surface area contributed by atoms with Gasteiger partial charge in [0, 0.05) is 25.2 Å². The summed E-state index contributed by atoms with van der Waals surface area (Å²) >= 11 is 0. The summed E-state index contributed by atoms with van der Waals surface area (Å²) in [6.07, 6.45) is 2.82. The summed E-state index contributed by atoms with van der Waals surface area (Å²) in [5.41, 5.74) is 2.45. The Bertz CT molecular complexity index is 405. The van der Waals surface area contributed by atoms with Crippen molar-refractivity contribution in [2.75, 3.05) is 13.6 Å². The molecular weight excluding hydrogens is 234 g/mol. The van der Waals surface area contributed by atoms with E-state index in [0.29, 0.717) is 0 Å². The van der Waals surface area contributed by atoms with Gasteiger partial charge in [-0.15, -0.1) is 0 Å². The van der Waals surface area contributed by atoms with Gasteiger partial charge in [-0.05, 0) is 58.7 Å². The van der Waals surface area contributed by atoms with Crippen LogP contribution in [0.1, 0.15) is 45.0 Å². The lowest BCUT2D eigenvalue weighted by atomic mass is 10.1. The van der Waals surface area contributed by atoms with Crippen LogP contribution < -0.4 is 5.32 Å². The SMILES string of the molecule is CN(Cc1cccc(CNC(C)(C)C)n1)CC1CC1. The summed E-state index contributed by atoms with van der Waals surface area (Å²) in [5.74, 6) is 0.940. The van der Waals surface area contributed by atoms with E-state index in [1.807, 2.05) is 0 Å². The number of nitrogens with zero attached hydrogens (tertiary/aromatic N) is 2. The molecule has 3 heteroatoms. The Balaban J connectivity index is 1.86. The van der Waals surface area contributed by atoms with Crippen LogP contribution in [0.25, 0.3) is 0 Å². The van der Waals surface area contributed by atoms with Crippen molar-refractivity contribution in [1.29, 1.82) is 0 Å². The Morgan fingerprint density at radius 2 is 1.95 bits per heavy atom. The minimum Gasteiger partial charge on any atom is -0.306 e. The molecule has 0 atom stereocenters. The van der Waals surface area contributed by atoms with Gasteiger partial charge in [0.15, 0.2) is 0 Å². The second kappa shape index (κ2) is 6.02. The fourth-order valence-electron chi connectivity index (χ4n) is 2.15. The molecule has 0 unspecified atom stereocenters. The Hall–Kier alpha value is -0.930. The summed E-state index contributed by atoms with van der Waals surface area (Å²) < 4.78 is 0. The zero-order valence-corrected chi connectivity index (χ0v) is 12.7. The predicted molar refractivity (Wildman–Crippen MR) is 79.9 cm³/mol.